The summed E-state index contributed by atoms with van der Waals surface area (Å²) in [4.78, 5) is 3.68. The van der Waals surface area contributed by atoms with Gasteiger partial charge in [-0.1, -0.05) is 6.92 Å². The molecule has 0 amide bonds. The highest BCUT2D eigenvalue weighted by molar-refractivity contribution is 7.10. The lowest BCUT2D eigenvalue weighted by Gasteiger charge is -2.23. The van der Waals surface area contributed by atoms with Crippen molar-refractivity contribution in [2.45, 2.75) is 59.9 Å². The third-order valence-corrected chi connectivity index (χ3v) is 4.90. The summed E-state index contributed by atoms with van der Waals surface area (Å²) in [5.41, 5.74) is 3.82. The Morgan fingerprint density at radius 1 is 1.36 bits per heavy atom. The van der Waals surface area contributed by atoms with Gasteiger partial charge in [0.2, 0.25) is 0 Å². The SMILES string of the molecule is CCCn1ncc(CN(Cc2sccc2C)CC(C)O)c1C. The number of hydrogen-bond acceptors (Lipinski definition) is 4. The molecule has 0 aromatic carbocycles. The Bertz CT molecular complexity index is 588. The van der Waals surface area contributed by atoms with Crippen LogP contribution < -0.4 is 0 Å². The van der Waals surface area contributed by atoms with Crippen LogP contribution in [0.2, 0.25) is 0 Å². The van der Waals surface area contributed by atoms with Gasteiger partial charge in [-0.15, -0.1) is 11.3 Å². The minimum atomic E-state index is -0.328. The number of aromatic nitrogens is 2. The molecule has 1 N–H and O–H groups in total. The van der Waals surface area contributed by atoms with Crippen molar-refractivity contribution in [2.24, 2.45) is 0 Å². The fourth-order valence-electron chi connectivity index (χ4n) is 2.65. The highest BCUT2D eigenvalue weighted by Crippen LogP contribution is 2.20. The molecular formula is C17H27N3OS. The monoisotopic (exact) mass is 321 g/mol. The van der Waals surface area contributed by atoms with Crippen molar-refractivity contribution in [1.82, 2.24) is 14.7 Å². The summed E-state index contributed by atoms with van der Waals surface area (Å²) in [6, 6.07) is 2.16. The first-order valence-corrected chi connectivity index (χ1v) is 8.83. The van der Waals surface area contributed by atoms with Gasteiger partial charge in [-0.3, -0.25) is 9.58 Å². The maximum atomic E-state index is 9.80. The average Bonchev–Trinajstić information content (AvgIpc) is 2.99. The lowest BCUT2D eigenvalue weighted by atomic mass is 10.2. The third-order valence-electron chi connectivity index (χ3n) is 3.89. The van der Waals surface area contributed by atoms with E-state index in [9.17, 15) is 5.11 Å². The summed E-state index contributed by atoms with van der Waals surface area (Å²) in [6.45, 7) is 11.7. The van der Waals surface area contributed by atoms with Crippen LogP contribution in [0, 0.1) is 13.8 Å². The standard InChI is InChI=1S/C17H27N3OS/c1-5-7-20-15(4)16(9-18-20)11-19(10-14(3)21)12-17-13(2)6-8-22-17/h6,8-9,14,21H,5,7,10-12H2,1-4H3. The van der Waals surface area contributed by atoms with Crippen molar-refractivity contribution in [3.8, 4) is 0 Å². The van der Waals surface area contributed by atoms with E-state index in [1.165, 1.54) is 21.7 Å². The maximum absolute atomic E-state index is 9.80. The molecule has 4 nitrogen and oxygen atoms in total. The van der Waals surface area contributed by atoms with Crippen LogP contribution in [0.1, 0.15) is 42.0 Å². The normalized spacial score (nSPS) is 13.0. The first-order chi connectivity index (χ1) is 10.5. The number of aliphatic hydroxyl groups excluding tert-OH is 1. The van der Waals surface area contributed by atoms with E-state index in [1.54, 1.807) is 11.3 Å². The van der Waals surface area contributed by atoms with Gasteiger partial charge in [-0.2, -0.15) is 5.10 Å². The second-order valence-electron chi connectivity index (χ2n) is 6.02. The molecule has 2 heterocycles. The van der Waals surface area contributed by atoms with Crippen LogP contribution in [-0.4, -0.2) is 32.4 Å². The highest BCUT2D eigenvalue weighted by atomic mass is 32.1. The predicted molar refractivity (Wildman–Crippen MR) is 92.1 cm³/mol. The zero-order chi connectivity index (χ0) is 16.1. The molecule has 0 bridgehead atoms. The summed E-state index contributed by atoms with van der Waals surface area (Å²) >= 11 is 1.79. The molecule has 22 heavy (non-hydrogen) atoms. The first-order valence-electron chi connectivity index (χ1n) is 7.96. The molecule has 2 aromatic heterocycles. The fourth-order valence-corrected chi connectivity index (χ4v) is 3.59. The second kappa shape index (κ2) is 7.90. The predicted octanol–water partition coefficient (Wildman–Crippen LogP) is 3.35. The number of rotatable bonds is 8. The molecular weight excluding hydrogens is 294 g/mol. The van der Waals surface area contributed by atoms with E-state index in [4.69, 9.17) is 0 Å². The molecule has 1 atom stereocenters. The molecule has 0 saturated heterocycles. The van der Waals surface area contributed by atoms with Gasteiger partial charge < -0.3 is 5.11 Å². The minimum Gasteiger partial charge on any atom is -0.392 e. The van der Waals surface area contributed by atoms with E-state index in [-0.39, 0.29) is 6.10 Å². The van der Waals surface area contributed by atoms with Crippen molar-refractivity contribution in [1.29, 1.82) is 0 Å². The van der Waals surface area contributed by atoms with Crippen molar-refractivity contribution >= 4 is 11.3 Å². The average molecular weight is 321 g/mol. The van der Waals surface area contributed by atoms with Gasteiger partial charge in [0.1, 0.15) is 0 Å². The van der Waals surface area contributed by atoms with E-state index in [0.29, 0.717) is 6.54 Å². The van der Waals surface area contributed by atoms with Crippen LogP contribution in [-0.2, 0) is 19.6 Å². The maximum Gasteiger partial charge on any atom is 0.0639 e. The highest BCUT2D eigenvalue weighted by Gasteiger charge is 2.15. The van der Waals surface area contributed by atoms with Gasteiger partial charge >= 0.3 is 0 Å². The smallest absolute Gasteiger partial charge is 0.0639 e. The van der Waals surface area contributed by atoms with Crippen molar-refractivity contribution in [2.75, 3.05) is 6.54 Å². The van der Waals surface area contributed by atoms with E-state index < -0.39 is 0 Å². The van der Waals surface area contributed by atoms with Crippen LogP contribution >= 0.6 is 11.3 Å². The van der Waals surface area contributed by atoms with Gasteiger partial charge in [-0.25, -0.2) is 0 Å². The van der Waals surface area contributed by atoms with Gasteiger partial charge in [0.25, 0.3) is 0 Å². The molecule has 122 valence electrons. The molecule has 0 saturated carbocycles. The van der Waals surface area contributed by atoms with Gasteiger partial charge in [0.15, 0.2) is 0 Å². The molecule has 1 unspecified atom stereocenters. The van der Waals surface area contributed by atoms with Crippen molar-refractivity contribution in [3.05, 3.63) is 39.3 Å². The molecule has 5 heteroatoms. The van der Waals surface area contributed by atoms with Crippen LogP contribution in [0.3, 0.4) is 0 Å². The topological polar surface area (TPSA) is 41.3 Å². The number of nitrogens with zero attached hydrogens (tertiary/aromatic N) is 3. The largest absolute Gasteiger partial charge is 0.392 e. The molecule has 2 aromatic rings. The second-order valence-corrected chi connectivity index (χ2v) is 7.02. The number of thiophene rings is 1. The Morgan fingerprint density at radius 2 is 2.14 bits per heavy atom. The van der Waals surface area contributed by atoms with Gasteiger partial charge in [0, 0.05) is 42.3 Å². The molecule has 0 aliphatic carbocycles. The number of hydrogen-bond donors (Lipinski definition) is 1. The molecule has 0 fully saturated rings. The zero-order valence-corrected chi connectivity index (χ0v) is 14.9. The van der Waals surface area contributed by atoms with E-state index >= 15 is 0 Å². The van der Waals surface area contributed by atoms with E-state index in [2.05, 4.69) is 46.9 Å². The van der Waals surface area contributed by atoms with Crippen molar-refractivity contribution < 1.29 is 5.11 Å². The Hall–Kier alpha value is -1.17. The Labute approximate surface area is 137 Å². The first kappa shape index (κ1) is 17.2. The minimum absolute atomic E-state index is 0.328. The van der Waals surface area contributed by atoms with Gasteiger partial charge in [0.05, 0.1) is 12.3 Å². The van der Waals surface area contributed by atoms with E-state index in [0.717, 1.165) is 26.1 Å². The summed E-state index contributed by atoms with van der Waals surface area (Å²) in [5.74, 6) is 0. The Balaban J connectivity index is 2.11. The fraction of sp³-hybridized carbons (Fsp3) is 0.588. The molecule has 0 aliphatic rings. The van der Waals surface area contributed by atoms with Gasteiger partial charge in [-0.05, 0) is 44.2 Å². The van der Waals surface area contributed by atoms with Crippen LogP contribution in [0.5, 0.6) is 0 Å². The Morgan fingerprint density at radius 3 is 2.73 bits per heavy atom. The third kappa shape index (κ3) is 4.41. The summed E-state index contributed by atoms with van der Waals surface area (Å²) < 4.78 is 2.08. The zero-order valence-electron chi connectivity index (χ0n) is 14.0. The van der Waals surface area contributed by atoms with Crippen LogP contribution in [0.25, 0.3) is 0 Å². The lowest BCUT2D eigenvalue weighted by Crippen LogP contribution is -2.30. The summed E-state index contributed by atoms with van der Waals surface area (Å²) in [7, 11) is 0. The Kier molecular flexibility index (Phi) is 6.17. The number of aryl methyl sites for hydroxylation is 2. The summed E-state index contributed by atoms with van der Waals surface area (Å²) in [5, 5.41) is 16.4. The van der Waals surface area contributed by atoms with Crippen molar-refractivity contribution in [3.63, 3.8) is 0 Å². The molecule has 0 radical (unpaired) electrons. The number of aliphatic hydroxyl groups is 1. The quantitative estimate of drug-likeness (QED) is 0.810. The lowest BCUT2D eigenvalue weighted by molar-refractivity contribution is 0.118. The van der Waals surface area contributed by atoms with Crippen LogP contribution in [0.15, 0.2) is 17.6 Å². The molecule has 2 rings (SSSR count). The molecule has 0 spiro atoms. The summed E-state index contributed by atoms with van der Waals surface area (Å²) in [6.07, 6.45) is 2.74. The molecule has 0 aliphatic heterocycles. The van der Waals surface area contributed by atoms with E-state index in [1.807, 2.05) is 13.1 Å². The van der Waals surface area contributed by atoms with Crippen LogP contribution in [0.4, 0.5) is 0 Å².